The minimum atomic E-state index is -3.41. The summed E-state index contributed by atoms with van der Waals surface area (Å²) in [4.78, 5) is 7.05. The van der Waals surface area contributed by atoms with E-state index in [0.29, 0.717) is 6.54 Å². The molecular formula is C18H33N5O3S. The Bertz CT molecular complexity index is 662. The van der Waals surface area contributed by atoms with E-state index < -0.39 is 10.0 Å². The van der Waals surface area contributed by atoms with Gasteiger partial charge in [-0.25, -0.2) is 18.1 Å². The van der Waals surface area contributed by atoms with E-state index in [4.69, 9.17) is 4.74 Å². The summed E-state index contributed by atoms with van der Waals surface area (Å²) >= 11 is 0. The molecule has 1 aromatic carbocycles. The molecule has 0 amide bonds. The number of ether oxygens (including phenoxy) is 1. The van der Waals surface area contributed by atoms with Crippen LogP contribution in [0.15, 0.2) is 34.2 Å². The fourth-order valence-corrected chi connectivity index (χ4v) is 3.09. The smallest absolute Gasteiger partial charge is 0.240 e. The molecule has 0 aromatic heterocycles. The number of likely N-dealkylation sites (N-methyl/N-ethyl adjacent to an activating group) is 1. The van der Waals surface area contributed by atoms with Gasteiger partial charge in [0, 0.05) is 39.9 Å². The summed E-state index contributed by atoms with van der Waals surface area (Å²) in [6, 6.07) is 6.74. The minimum absolute atomic E-state index is 0.249. The highest BCUT2D eigenvalue weighted by molar-refractivity contribution is 7.89. The van der Waals surface area contributed by atoms with E-state index in [1.54, 1.807) is 31.4 Å². The van der Waals surface area contributed by atoms with Crippen LogP contribution in [0.1, 0.15) is 18.9 Å². The molecule has 3 N–H and O–H groups in total. The molecule has 0 spiro atoms. The first-order valence-electron chi connectivity index (χ1n) is 9.15. The summed E-state index contributed by atoms with van der Waals surface area (Å²) in [5.74, 6) is 0.745. The van der Waals surface area contributed by atoms with E-state index in [9.17, 15) is 8.42 Å². The number of hydrogen-bond donors (Lipinski definition) is 3. The fourth-order valence-electron chi connectivity index (χ4n) is 2.36. The number of nitrogens with zero attached hydrogens (tertiary/aromatic N) is 2. The third-order valence-electron chi connectivity index (χ3n) is 3.94. The number of hydrogen-bond acceptors (Lipinski definition) is 5. The van der Waals surface area contributed by atoms with Gasteiger partial charge in [0.25, 0.3) is 0 Å². The molecule has 154 valence electrons. The van der Waals surface area contributed by atoms with Gasteiger partial charge in [-0.3, -0.25) is 0 Å². The van der Waals surface area contributed by atoms with Crippen molar-refractivity contribution in [1.82, 2.24) is 20.3 Å². The molecule has 0 saturated heterocycles. The summed E-state index contributed by atoms with van der Waals surface area (Å²) < 4.78 is 30.9. The SMILES string of the molecule is CCNC(=NCc1ccc(S(=O)(=O)NC)cc1)NCCN(C)CCCOC. The Kier molecular flexibility index (Phi) is 11.0. The minimum Gasteiger partial charge on any atom is -0.385 e. The van der Waals surface area contributed by atoms with E-state index in [2.05, 4.69) is 32.3 Å². The molecule has 27 heavy (non-hydrogen) atoms. The van der Waals surface area contributed by atoms with Crippen molar-refractivity contribution in [2.45, 2.75) is 24.8 Å². The number of aliphatic imine (C=N–C) groups is 1. The number of guanidine groups is 1. The molecule has 8 nitrogen and oxygen atoms in total. The third kappa shape index (κ3) is 9.18. The molecule has 0 aliphatic rings. The molecule has 1 aromatic rings. The number of nitrogens with one attached hydrogen (secondary N) is 3. The molecule has 0 bridgehead atoms. The van der Waals surface area contributed by atoms with Crippen LogP contribution in [0.25, 0.3) is 0 Å². The average molecular weight is 400 g/mol. The zero-order valence-electron chi connectivity index (χ0n) is 16.8. The van der Waals surface area contributed by atoms with Crippen molar-refractivity contribution in [2.24, 2.45) is 4.99 Å². The number of benzene rings is 1. The molecule has 0 saturated carbocycles. The molecular weight excluding hydrogens is 366 g/mol. The molecule has 0 fully saturated rings. The van der Waals surface area contributed by atoms with Crippen molar-refractivity contribution < 1.29 is 13.2 Å². The van der Waals surface area contributed by atoms with Crippen molar-refractivity contribution in [3.63, 3.8) is 0 Å². The predicted molar refractivity (Wildman–Crippen MR) is 109 cm³/mol. The topological polar surface area (TPSA) is 95.1 Å². The zero-order valence-corrected chi connectivity index (χ0v) is 17.6. The van der Waals surface area contributed by atoms with Gasteiger partial charge >= 0.3 is 0 Å². The van der Waals surface area contributed by atoms with Gasteiger partial charge in [0.15, 0.2) is 5.96 Å². The second-order valence-corrected chi connectivity index (χ2v) is 8.01. The van der Waals surface area contributed by atoms with Gasteiger partial charge in [0.1, 0.15) is 0 Å². The van der Waals surface area contributed by atoms with Crippen LogP contribution in [0.4, 0.5) is 0 Å². The lowest BCUT2D eigenvalue weighted by Gasteiger charge is -2.18. The Morgan fingerprint density at radius 3 is 2.48 bits per heavy atom. The molecule has 1 rings (SSSR count). The van der Waals surface area contributed by atoms with Gasteiger partial charge in [-0.2, -0.15) is 0 Å². The lowest BCUT2D eigenvalue weighted by Crippen LogP contribution is -2.41. The van der Waals surface area contributed by atoms with Crippen LogP contribution in [-0.4, -0.2) is 73.3 Å². The van der Waals surface area contributed by atoms with Crippen molar-refractivity contribution in [3.8, 4) is 0 Å². The van der Waals surface area contributed by atoms with Gasteiger partial charge in [0.05, 0.1) is 11.4 Å². The Balaban J connectivity index is 2.53. The van der Waals surface area contributed by atoms with Gasteiger partial charge in [-0.05, 0) is 45.1 Å². The lowest BCUT2D eigenvalue weighted by molar-refractivity contribution is 0.180. The Hall–Kier alpha value is -1.68. The molecule has 0 unspecified atom stereocenters. The van der Waals surface area contributed by atoms with Crippen molar-refractivity contribution in [1.29, 1.82) is 0 Å². The normalized spacial score (nSPS) is 12.4. The zero-order chi connectivity index (χ0) is 20.1. The maximum Gasteiger partial charge on any atom is 0.240 e. The molecule has 0 aliphatic heterocycles. The number of rotatable bonds is 12. The summed E-state index contributed by atoms with van der Waals surface area (Å²) in [5.41, 5.74) is 0.943. The van der Waals surface area contributed by atoms with E-state index in [0.717, 1.165) is 50.7 Å². The van der Waals surface area contributed by atoms with Crippen molar-refractivity contribution >= 4 is 16.0 Å². The van der Waals surface area contributed by atoms with E-state index in [1.807, 2.05) is 6.92 Å². The van der Waals surface area contributed by atoms with Crippen LogP contribution in [0.2, 0.25) is 0 Å². The average Bonchev–Trinajstić information content (AvgIpc) is 2.66. The van der Waals surface area contributed by atoms with Crippen LogP contribution >= 0.6 is 0 Å². The monoisotopic (exact) mass is 399 g/mol. The van der Waals surface area contributed by atoms with E-state index >= 15 is 0 Å². The maximum atomic E-state index is 11.8. The Morgan fingerprint density at radius 2 is 1.89 bits per heavy atom. The van der Waals surface area contributed by atoms with Crippen LogP contribution in [0.5, 0.6) is 0 Å². The highest BCUT2D eigenvalue weighted by atomic mass is 32.2. The highest BCUT2D eigenvalue weighted by Gasteiger charge is 2.10. The molecule has 0 heterocycles. The predicted octanol–water partition coefficient (Wildman–Crippen LogP) is 0.618. The van der Waals surface area contributed by atoms with Crippen molar-refractivity contribution in [3.05, 3.63) is 29.8 Å². The number of methoxy groups -OCH3 is 1. The standard InChI is InChI=1S/C18H33N5O3S/c1-5-20-18(21-11-13-23(3)12-6-14-26-4)22-15-16-7-9-17(10-8-16)27(24,25)19-2/h7-10,19H,5-6,11-15H2,1-4H3,(H2,20,21,22). The first-order valence-corrected chi connectivity index (χ1v) is 10.6. The Labute approximate surface area is 163 Å². The second kappa shape index (κ2) is 12.7. The van der Waals surface area contributed by atoms with Crippen LogP contribution < -0.4 is 15.4 Å². The molecule has 9 heteroatoms. The Morgan fingerprint density at radius 1 is 1.19 bits per heavy atom. The quantitative estimate of drug-likeness (QED) is 0.271. The third-order valence-corrected chi connectivity index (χ3v) is 5.37. The summed E-state index contributed by atoms with van der Waals surface area (Å²) in [5, 5.41) is 6.54. The first-order chi connectivity index (χ1) is 12.9. The first kappa shape index (κ1) is 23.4. The lowest BCUT2D eigenvalue weighted by atomic mass is 10.2. The second-order valence-electron chi connectivity index (χ2n) is 6.12. The molecule has 0 atom stereocenters. The maximum absolute atomic E-state index is 11.8. The van der Waals surface area contributed by atoms with Gasteiger partial charge in [-0.1, -0.05) is 12.1 Å². The van der Waals surface area contributed by atoms with Crippen LogP contribution in [0, 0.1) is 0 Å². The fraction of sp³-hybridized carbons (Fsp3) is 0.611. The van der Waals surface area contributed by atoms with E-state index in [-0.39, 0.29) is 4.90 Å². The van der Waals surface area contributed by atoms with Crippen LogP contribution in [-0.2, 0) is 21.3 Å². The summed E-state index contributed by atoms with van der Waals surface area (Å²) in [6.07, 6.45) is 1.01. The van der Waals surface area contributed by atoms with Gasteiger partial charge in [-0.15, -0.1) is 0 Å². The van der Waals surface area contributed by atoms with E-state index in [1.165, 1.54) is 7.05 Å². The summed E-state index contributed by atoms with van der Waals surface area (Å²) in [6.45, 7) is 6.72. The van der Waals surface area contributed by atoms with Crippen LogP contribution in [0.3, 0.4) is 0 Å². The number of sulfonamides is 1. The van der Waals surface area contributed by atoms with Gasteiger partial charge < -0.3 is 20.3 Å². The molecule has 0 aliphatic carbocycles. The highest BCUT2D eigenvalue weighted by Crippen LogP contribution is 2.10. The van der Waals surface area contributed by atoms with Crippen molar-refractivity contribution in [2.75, 3.05) is 54.0 Å². The summed E-state index contributed by atoms with van der Waals surface area (Å²) in [7, 11) is 1.79. The molecule has 0 radical (unpaired) electrons. The largest absolute Gasteiger partial charge is 0.385 e. The van der Waals surface area contributed by atoms with Gasteiger partial charge in [0.2, 0.25) is 10.0 Å².